The zero-order chi connectivity index (χ0) is 14.9. The summed E-state index contributed by atoms with van der Waals surface area (Å²) < 4.78 is 0. The quantitative estimate of drug-likeness (QED) is 0.865. The Kier molecular flexibility index (Phi) is 4.30. The minimum absolute atomic E-state index is 0.0625. The number of carbonyl (C=O) groups excluding carboxylic acids is 3. The number of rotatable bonds is 4. The number of fused-ring (bicyclic) bond motifs is 1. The molecule has 0 fully saturated rings. The van der Waals surface area contributed by atoms with Gasteiger partial charge in [-0.3, -0.25) is 19.3 Å². The third kappa shape index (κ3) is 2.51. The number of benzene rings is 1. The molecule has 0 saturated heterocycles. The number of hydrogen-bond donors (Lipinski definition) is 1. The van der Waals surface area contributed by atoms with Gasteiger partial charge in [0, 0.05) is 6.54 Å². The zero-order valence-corrected chi connectivity index (χ0v) is 12.2. The molecule has 0 aromatic heterocycles. The van der Waals surface area contributed by atoms with Gasteiger partial charge in [0.15, 0.2) is 0 Å². The maximum atomic E-state index is 12.0. The number of carbonyl (C=O) groups is 3. The molecule has 0 atom stereocenters. The van der Waals surface area contributed by atoms with Gasteiger partial charge in [0.2, 0.25) is 5.91 Å². The van der Waals surface area contributed by atoms with Gasteiger partial charge in [-0.1, -0.05) is 30.1 Å². The monoisotopic (exact) mass is 314 g/mol. The van der Waals surface area contributed by atoms with E-state index in [0.717, 1.165) is 11.3 Å². The van der Waals surface area contributed by atoms with E-state index < -0.39 is 11.7 Å². The molecule has 0 unspecified atom stereocenters. The second-order valence-electron chi connectivity index (χ2n) is 4.32. The van der Waals surface area contributed by atoms with Crippen LogP contribution in [0.3, 0.4) is 0 Å². The van der Waals surface area contributed by atoms with Crippen LogP contribution in [0.25, 0.3) is 0 Å². The van der Waals surface area contributed by atoms with Crippen LogP contribution >= 0.6 is 23.2 Å². The summed E-state index contributed by atoms with van der Waals surface area (Å²) in [6, 6.07) is 2.94. The maximum Gasteiger partial charge on any atom is 0.300 e. The molecule has 0 radical (unpaired) electrons. The van der Waals surface area contributed by atoms with Crippen molar-refractivity contribution in [3.8, 4) is 0 Å². The predicted octanol–water partition coefficient (Wildman–Crippen LogP) is 2.05. The summed E-state index contributed by atoms with van der Waals surface area (Å²) in [5.41, 5.74) is 0.272. The largest absolute Gasteiger partial charge is 0.355 e. The second kappa shape index (κ2) is 5.81. The number of nitrogens with zero attached hydrogens (tertiary/aromatic N) is 1. The fraction of sp³-hybridized carbons (Fsp3) is 0.308. The molecule has 0 bridgehead atoms. The van der Waals surface area contributed by atoms with Crippen molar-refractivity contribution in [1.29, 1.82) is 0 Å². The Morgan fingerprint density at radius 3 is 2.55 bits per heavy atom. The lowest BCUT2D eigenvalue weighted by Gasteiger charge is -2.17. The SMILES string of the molecule is CCCNC(=O)CN1C(=O)C(=O)c2c(Cl)ccc(Cl)c21. The molecule has 1 heterocycles. The van der Waals surface area contributed by atoms with Crippen molar-refractivity contribution < 1.29 is 14.4 Å². The lowest BCUT2D eigenvalue weighted by atomic mass is 10.1. The summed E-state index contributed by atoms with van der Waals surface area (Å²) in [4.78, 5) is 36.7. The number of amides is 2. The van der Waals surface area contributed by atoms with Crippen molar-refractivity contribution >= 4 is 46.5 Å². The lowest BCUT2D eigenvalue weighted by molar-refractivity contribution is -0.122. The first-order chi connectivity index (χ1) is 9.47. The number of nitrogens with one attached hydrogen (secondary N) is 1. The van der Waals surface area contributed by atoms with E-state index in [1.807, 2.05) is 6.92 Å². The van der Waals surface area contributed by atoms with Gasteiger partial charge in [0.25, 0.3) is 11.7 Å². The lowest BCUT2D eigenvalue weighted by Crippen LogP contribution is -2.40. The van der Waals surface area contributed by atoms with E-state index in [1.54, 1.807) is 0 Å². The van der Waals surface area contributed by atoms with Crippen LogP contribution in [0.15, 0.2) is 12.1 Å². The molecule has 1 aliphatic heterocycles. The Labute approximate surface area is 125 Å². The normalized spacial score (nSPS) is 13.7. The van der Waals surface area contributed by atoms with Crippen LogP contribution in [0.4, 0.5) is 5.69 Å². The highest BCUT2D eigenvalue weighted by molar-refractivity contribution is 6.57. The molecule has 2 amide bonds. The molecular weight excluding hydrogens is 303 g/mol. The van der Waals surface area contributed by atoms with Gasteiger partial charge in [-0.25, -0.2) is 0 Å². The van der Waals surface area contributed by atoms with Gasteiger partial charge in [-0.2, -0.15) is 0 Å². The van der Waals surface area contributed by atoms with Crippen LogP contribution in [0.2, 0.25) is 10.0 Å². The van der Waals surface area contributed by atoms with Gasteiger partial charge in [0.1, 0.15) is 6.54 Å². The van der Waals surface area contributed by atoms with Gasteiger partial charge < -0.3 is 5.32 Å². The van der Waals surface area contributed by atoms with E-state index in [4.69, 9.17) is 23.2 Å². The molecule has 7 heteroatoms. The molecule has 20 heavy (non-hydrogen) atoms. The van der Waals surface area contributed by atoms with Gasteiger partial charge >= 0.3 is 0 Å². The van der Waals surface area contributed by atoms with Crippen molar-refractivity contribution in [3.63, 3.8) is 0 Å². The fourth-order valence-corrected chi connectivity index (χ4v) is 2.46. The molecular formula is C13H12Cl2N2O3. The third-order valence-corrected chi connectivity index (χ3v) is 3.51. The summed E-state index contributed by atoms with van der Waals surface area (Å²) in [5, 5.41) is 3.01. The number of hydrogen-bond acceptors (Lipinski definition) is 3. The molecule has 0 aliphatic carbocycles. The van der Waals surface area contributed by atoms with Crippen molar-refractivity contribution in [2.24, 2.45) is 0 Å². The highest BCUT2D eigenvalue weighted by Gasteiger charge is 2.40. The van der Waals surface area contributed by atoms with E-state index in [1.165, 1.54) is 12.1 Å². The second-order valence-corrected chi connectivity index (χ2v) is 5.14. The first-order valence-corrected chi connectivity index (χ1v) is 6.83. The summed E-state index contributed by atoms with van der Waals surface area (Å²) >= 11 is 11.9. The van der Waals surface area contributed by atoms with Crippen molar-refractivity contribution in [2.75, 3.05) is 18.0 Å². The molecule has 5 nitrogen and oxygen atoms in total. The summed E-state index contributed by atoms with van der Waals surface area (Å²) in [6.45, 7) is 2.17. The van der Waals surface area contributed by atoms with Crippen LogP contribution in [-0.4, -0.2) is 30.7 Å². The predicted molar refractivity (Wildman–Crippen MR) is 76.4 cm³/mol. The van der Waals surface area contributed by atoms with E-state index in [-0.39, 0.29) is 33.7 Å². The standard InChI is InChI=1S/C13H12Cl2N2O3/c1-2-5-16-9(18)6-17-11-8(15)4-3-7(14)10(11)12(19)13(17)20/h3-4H,2,5-6H2,1H3,(H,16,18). The van der Waals surface area contributed by atoms with Crippen LogP contribution < -0.4 is 10.2 Å². The molecule has 0 saturated carbocycles. The molecule has 1 N–H and O–H groups in total. The third-order valence-electron chi connectivity index (χ3n) is 2.89. The minimum atomic E-state index is -0.790. The van der Waals surface area contributed by atoms with Gasteiger partial charge in [-0.15, -0.1) is 0 Å². The molecule has 2 rings (SSSR count). The molecule has 1 aromatic rings. The first kappa shape index (κ1) is 14.8. The van der Waals surface area contributed by atoms with E-state index in [9.17, 15) is 14.4 Å². The Balaban J connectivity index is 2.34. The Morgan fingerprint density at radius 1 is 1.25 bits per heavy atom. The van der Waals surface area contributed by atoms with Gasteiger partial charge in [0.05, 0.1) is 21.3 Å². The zero-order valence-electron chi connectivity index (χ0n) is 10.7. The molecule has 0 spiro atoms. The van der Waals surface area contributed by atoms with E-state index in [0.29, 0.717) is 6.54 Å². The van der Waals surface area contributed by atoms with Crippen molar-refractivity contribution in [3.05, 3.63) is 27.7 Å². The topological polar surface area (TPSA) is 66.5 Å². The number of ketones is 1. The number of halogens is 2. The summed E-state index contributed by atoms with van der Waals surface area (Å²) in [7, 11) is 0. The highest BCUT2D eigenvalue weighted by atomic mass is 35.5. The van der Waals surface area contributed by atoms with Gasteiger partial charge in [-0.05, 0) is 18.6 Å². The fourth-order valence-electron chi connectivity index (χ4n) is 1.97. The summed E-state index contributed by atoms with van der Waals surface area (Å²) in [6.07, 6.45) is 0.780. The molecule has 1 aliphatic rings. The van der Waals surface area contributed by atoms with Crippen LogP contribution in [0, 0.1) is 0 Å². The van der Waals surface area contributed by atoms with Crippen LogP contribution in [0.5, 0.6) is 0 Å². The molecule has 106 valence electrons. The van der Waals surface area contributed by atoms with Crippen molar-refractivity contribution in [1.82, 2.24) is 5.32 Å². The average molecular weight is 315 g/mol. The van der Waals surface area contributed by atoms with Crippen LogP contribution in [-0.2, 0) is 9.59 Å². The number of anilines is 1. The molecule has 1 aromatic carbocycles. The van der Waals surface area contributed by atoms with Crippen LogP contribution in [0.1, 0.15) is 23.7 Å². The average Bonchev–Trinajstić information content (AvgIpc) is 2.67. The van der Waals surface area contributed by atoms with Crippen molar-refractivity contribution in [2.45, 2.75) is 13.3 Å². The number of Topliss-reactive ketones (excluding diaryl/α,β-unsaturated/α-hetero) is 1. The Bertz CT molecular complexity index is 602. The smallest absolute Gasteiger partial charge is 0.300 e. The Morgan fingerprint density at radius 2 is 1.90 bits per heavy atom. The minimum Gasteiger partial charge on any atom is -0.355 e. The van der Waals surface area contributed by atoms with E-state index >= 15 is 0 Å². The Hall–Kier alpha value is -1.59. The van der Waals surface area contributed by atoms with E-state index in [2.05, 4.69) is 5.32 Å². The summed E-state index contributed by atoms with van der Waals surface area (Å²) in [5.74, 6) is -1.88. The maximum absolute atomic E-state index is 12.0. The first-order valence-electron chi connectivity index (χ1n) is 6.08. The highest BCUT2D eigenvalue weighted by Crippen LogP contribution is 2.39.